The molecule has 0 bridgehead atoms. The fourth-order valence-corrected chi connectivity index (χ4v) is 4.79. The monoisotopic (exact) mass is 456 g/mol. The van der Waals surface area contributed by atoms with Gasteiger partial charge in [0, 0.05) is 16.5 Å². The van der Waals surface area contributed by atoms with Crippen molar-refractivity contribution < 1.29 is 14.3 Å². The van der Waals surface area contributed by atoms with Gasteiger partial charge in [-0.1, -0.05) is 32.4 Å². The maximum absolute atomic E-state index is 12.6. The Labute approximate surface area is 191 Å². The molecule has 0 fully saturated rings. The van der Waals surface area contributed by atoms with E-state index < -0.39 is 0 Å². The van der Waals surface area contributed by atoms with Crippen LogP contribution in [0.2, 0.25) is 5.02 Å². The largest absolute Gasteiger partial charge is 0.493 e. The molecule has 1 amide bonds. The molecular formula is C24H25ClN2O3S. The molecule has 7 heteroatoms. The van der Waals surface area contributed by atoms with Crippen LogP contribution in [0.5, 0.6) is 17.2 Å². The molecule has 4 rings (SSSR count). The molecule has 0 spiro atoms. The van der Waals surface area contributed by atoms with Gasteiger partial charge in [0.25, 0.3) is 5.91 Å². The van der Waals surface area contributed by atoms with Gasteiger partial charge in [0.05, 0.1) is 17.3 Å². The number of amides is 1. The Hall–Kier alpha value is -2.57. The van der Waals surface area contributed by atoms with Crippen LogP contribution in [0.3, 0.4) is 0 Å². The molecule has 2 heterocycles. The van der Waals surface area contributed by atoms with Crippen molar-refractivity contribution in [2.24, 2.45) is 0 Å². The molecule has 1 N–H and O–H groups in total. The minimum absolute atomic E-state index is 0.00723. The van der Waals surface area contributed by atoms with E-state index in [1.54, 1.807) is 24.3 Å². The lowest BCUT2D eigenvalue weighted by atomic mass is 9.94. The minimum Gasteiger partial charge on any atom is -0.493 e. The second-order valence-corrected chi connectivity index (χ2v) is 10.0. The summed E-state index contributed by atoms with van der Waals surface area (Å²) >= 11 is 7.89. The van der Waals surface area contributed by atoms with Crippen LogP contribution in [0.15, 0.2) is 36.4 Å². The first-order valence-corrected chi connectivity index (χ1v) is 11.4. The molecule has 1 aliphatic heterocycles. The fourth-order valence-electron chi connectivity index (χ4n) is 3.54. The molecule has 0 unspecified atom stereocenters. The van der Waals surface area contributed by atoms with Gasteiger partial charge >= 0.3 is 0 Å². The van der Waals surface area contributed by atoms with Gasteiger partial charge in [-0.2, -0.15) is 0 Å². The van der Waals surface area contributed by atoms with Crippen LogP contribution in [-0.4, -0.2) is 17.5 Å². The summed E-state index contributed by atoms with van der Waals surface area (Å²) in [6.07, 6.45) is 1.94. The van der Waals surface area contributed by atoms with E-state index in [1.165, 1.54) is 11.3 Å². The van der Waals surface area contributed by atoms with Gasteiger partial charge in [0.15, 0.2) is 5.13 Å². The van der Waals surface area contributed by atoms with Crippen molar-refractivity contribution in [3.63, 3.8) is 0 Å². The number of hydrogen-bond acceptors (Lipinski definition) is 5. The average Bonchev–Trinajstić information content (AvgIpc) is 3.09. The Morgan fingerprint density at radius 2 is 1.97 bits per heavy atom. The van der Waals surface area contributed by atoms with E-state index in [0.717, 1.165) is 34.7 Å². The molecule has 0 atom stereocenters. The van der Waals surface area contributed by atoms with Gasteiger partial charge in [0.2, 0.25) is 0 Å². The second-order valence-electron chi connectivity index (χ2n) is 8.61. The number of nitrogens with zero attached hydrogens (tertiary/aromatic N) is 1. The number of thiazole rings is 1. The molecular weight excluding hydrogens is 432 g/mol. The standard InChI is InChI=1S/C24H25ClN2O3S/c1-14-21(24(2,3)4)31-23(26-14)27-22(28)15-7-9-17(10-8-15)30-20-13-19-16(12-18(20)25)6-5-11-29-19/h7-10,12-13H,5-6,11H2,1-4H3,(H,26,27,28). The zero-order chi connectivity index (χ0) is 22.2. The van der Waals surface area contributed by atoms with Crippen LogP contribution in [0.4, 0.5) is 5.13 Å². The highest BCUT2D eigenvalue weighted by molar-refractivity contribution is 7.16. The third-order valence-electron chi connectivity index (χ3n) is 5.01. The Kier molecular flexibility index (Phi) is 5.95. The average molecular weight is 457 g/mol. The van der Waals surface area contributed by atoms with E-state index in [9.17, 15) is 4.79 Å². The quantitative estimate of drug-likeness (QED) is 0.470. The first kappa shape index (κ1) is 21.7. The van der Waals surface area contributed by atoms with Crippen molar-refractivity contribution in [1.29, 1.82) is 0 Å². The highest BCUT2D eigenvalue weighted by Crippen LogP contribution is 2.38. The summed E-state index contributed by atoms with van der Waals surface area (Å²) < 4.78 is 11.6. The molecule has 0 aliphatic carbocycles. The molecule has 1 aliphatic rings. The van der Waals surface area contributed by atoms with Crippen LogP contribution in [-0.2, 0) is 11.8 Å². The van der Waals surface area contributed by atoms with E-state index in [1.807, 2.05) is 19.1 Å². The zero-order valence-electron chi connectivity index (χ0n) is 18.0. The summed E-state index contributed by atoms with van der Waals surface area (Å²) in [5.74, 6) is 1.73. The number of hydrogen-bond donors (Lipinski definition) is 1. The van der Waals surface area contributed by atoms with Crippen molar-refractivity contribution in [1.82, 2.24) is 4.98 Å². The number of halogens is 1. The number of aromatic nitrogens is 1. The van der Waals surface area contributed by atoms with E-state index in [2.05, 4.69) is 31.1 Å². The van der Waals surface area contributed by atoms with E-state index in [-0.39, 0.29) is 11.3 Å². The van der Waals surface area contributed by atoms with E-state index in [0.29, 0.717) is 33.8 Å². The maximum Gasteiger partial charge on any atom is 0.257 e. The topological polar surface area (TPSA) is 60.5 Å². The highest BCUT2D eigenvalue weighted by atomic mass is 35.5. The summed E-state index contributed by atoms with van der Waals surface area (Å²) in [4.78, 5) is 18.3. The van der Waals surface area contributed by atoms with Crippen molar-refractivity contribution in [2.75, 3.05) is 11.9 Å². The van der Waals surface area contributed by atoms with Gasteiger partial charge < -0.3 is 9.47 Å². The molecule has 0 radical (unpaired) electrons. The van der Waals surface area contributed by atoms with Crippen molar-refractivity contribution in [3.05, 3.63) is 63.1 Å². The lowest BCUT2D eigenvalue weighted by molar-refractivity contribution is 0.102. The summed E-state index contributed by atoms with van der Waals surface area (Å²) in [6.45, 7) is 9.08. The number of ether oxygens (including phenoxy) is 2. The van der Waals surface area contributed by atoms with E-state index >= 15 is 0 Å². The predicted molar refractivity (Wildman–Crippen MR) is 125 cm³/mol. The second kappa shape index (κ2) is 8.52. The zero-order valence-corrected chi connectivity index (χ0v) is 19.6. The SMILES string of the molecule is Cc1nc(NC(=O)c2ccc(Oc3cc4c(cc3Cl)CCCO4)cc2)sc1C(C)(C)C. The molecule has 5 nitrogen and oxygen atoms in total. The van der Waals surface area contributed by atoms with Gasteiger partial charge in [0.1, 0.15) is 17.2 Å². The van der Waals surface area contributed by atoms with Crippen LogP contribution in [0, 0.1) is 6.92 Å². The number of rotatable bonds is 4. The van der Waals surface area contributed by atoms with Crippen molar-refractivity contribution in [2.45, 2.75) is 46.0 Å². The van der Waals surface area contributed by atoms with Crippen LogP contribution >= 0.6 is 22.9 Å². The van der Waals surface area contributed by atoms with Crippen LogP contribution in [0.25, 0.3) is 0 Å². The number of fused-ring (bicyclic) bond motifs is 1. The maximum atomic E-state index is 12.6. The first-order valence-electron chi connectivity index (χ1n) is 10.2. The Balaban J connectivity index is 1.45. The van der Waals surface area contributed by atoms with Gasteiger partial charge in [-0.3, -0.25) is 10.1 Å². The first-order chi connectivity index (χ1) is 14.7. The highest BCUT2D eigenvalue weighted by Gasteiger charge is 2.22. The molecule has 31 heavy (non-hydrogen) atoms. The summed E-state index contributed by atoms with van der Waals surface area (Å²) in [5.41, 5.74) is 2.56. The molecule has 0 saturated carbocycles. The van der Waals surface area contributed by atoms with Crippen molar-refractivity contribution >= 4 is 34.0 Å². The molecule has 3 aromatic rings. The number of benzene rings is 2. The summed E-state index contributed by atoms with van der Waals surface area (Å²) in [7, 11) is 0. The molecule has 2 aromatic carbocycles. The van der Waals surface area contributed by atoms with Crippen LogP contribution in [0.1, 0.15) is 53.7 Å². The predicted octanol–water partition coefficient (Wildman–Crippen LogP) is 6.77. The van der Waals surface area contributed by atoms with Gasteiger partial charge in [-0.25, -0.2) is 4.98 Å². The molecule has 1 aromatic heterocycles. The Morgan fingerprint density at radius 1 is 1.23 bits per heavy atom. The fraction of sp³-hybridized carbons (Fsp3) is 0.333. The number of aryl methyl sites for hydroxylation is 2. The van der Waals surface area contributed by atoms with E-state index in [4.69, 9.17) is 21.1 Å². The third kappa shape index (κ3) is 4.86. The smallest absolute Gasteiger partial charge is 0.257 e. The number of anilines is 1. The van der Waals surface area contributed by atoms with Gasteiger partial charge in [-0.05, 0) is 61.1 Å². The Bertz CT molecular complexity index is 1120. The summed E-state index contributed by atoms with van der Waals surface area (Å²) in [6, 6.07) is 10.7. The normalized spacial score (nSPS) is 13.3. The lowest BCUT2D eigenvalue weighted by Gasteiger charge is -2.19. The number of carbonyl (C=O) groups is 1. The van der Waals surface area contributed by atoms with Crippen LogP contribution < -0.4 is 14.8 Å². The minimum atomic E-state index is -0.207. The summed E-state index contributed by atoms with van der Waals surface area (Å²) in [5, 5.41) is 4.04. The number of carbonyl (C=O) groups excluding carboxylic acids is 1. The third-order valence-corrected chi connectivity index (χ3v) is 6.80. The van der Waals surface area contributed by atoms with Gasteiger partial charge in [-0.15, -0.1) is 11.3 Å². The van der Waals surface area contributed by atoms with Crippen molar-refractivity contribution in [3.8, 4) is 17.2 Å². The number of nitrogens with one attached hydrogen (secondary N) is 1. The molecule has 162 valence electrons. The molecule has 0 saturated heterocycles. The Morgan fingerprint density at radius 3 is 2.65 bits per heavy atom. The lowest BCUT2D eigenvalue weighted by Crippen LogP contribution is -2.11.